The van der Waals surface area contributed by atoms with E-state index in [1.54, 1.807) is 18.2 Å². The average molecular weight is 286 g/mol. The van der Waals surface area contributed by atoms with Crippen LogP contribution in [-0.4, -0.2) is 4.92 Å². The fourth-order valence-corrected chi connectivity index (χ4v) is 2.84. The number of hydrogen-bond donors (Lipinski definition) is 1. The predicted molar refractivity (Wildman–Crippen MR) is 77.4 cm³/mol. The zero-order valence-corrected chi connectivity index (χ0v) is 11.4. The summed E-state index contributed by atoms with van der Waals surface area (Å²) in [7, 11) is 0. The molecule has 0 bridgehead atoms. The Balaban J connectivity index is 1.71. The lowest BCUT2D eigenvalue weighted by Crippen LogP contribution is -2.18. The Labute approximate surface area is 121 Å². The molecule has 0 aliphatic heterocycles. The van der Waals surface area contributed by atoms with Crippen LogP contribution >= 0.6 is 0 Å². The Morgan fingerprint density at radius 2 is 2.10 bits per heavy atom. The van der Waals surface area contributed by atoms with E-state index in [1.165, 1.54) is 12.1 Å². The van der Waals surface area contributed by atoms with Gasteiger partial charge in [-0.05, 0) is 35.6 Å². The zero-order valence-electron chi connectivity index (χ0n) is 11.4. The van der Waals surface area contributed by atoms with Crippen molar-refractivity contribution in [1.29, 1.82) is 0 Å². The molecule has 5 heteroatoms. The van der Waals surface area contributed by atoms with Crippen molar-refractivity contribution in [3.05, 3.63) is 75.1 Å². The molecule has 1 unspecified atom stereocenters. The van der Waals surface area contributed by atoms with Crippen LogP contribution in [0.4, 0.5) is 10.1 Å². The second-order valence-corrected chi connectivity index (χ2v) is 5.21. The van der Waals surface area contributed by atoms with Gasteiger partial charge in [0.05, 0.1) is 4.92 Å². The molecule has 0 radical (unpaired) electrons. The first-order chi connectivity index (χ1) is 10.1. The fraction of sp³-hybridized carbons (Fsp3) is 0.250. The van der Waals surface area contributed by atoms with Gasteiger partial charge in [0.25, 0.3) is 5.69 Å². The molecule has 21 heavy (non-hydrogen) atoms. The molecule has 0 heterocycles. The fourth-order valence-electron chi connectivity index (χ4n) is 2.84. The first kappa shape index (κ1) is 13.7. The second-order valence-electron chi connectivity index (χ2n) is 5.21. The third-order valence-electron chi connectivity index (χ3n) is 3.89. The molecule has 108 valence electrons. The van der Waals surface area contributed by atoms with E-state index >= 15 is 0 Å². The van der Waals surface area contributed by atoms with Gasteiger partial charge < -0.3 is 5.32 Å². The first-order valence-corrected chi connectivity index (χ1v) is 6.89. The number of hydrogen-bond acceptors (Lipinski definition) is 3. The summed E-state index contributed by atoms with van der Waals surface area (Å²) >= 11 is 0. The van der Waals surface area contributed by atoms with Crippen LogP contribution < -0.4 is 5.32 Å². The van der Waals surface area contributed by atoms with Gasteiger partial charge in [0.1, 0.15) is 5.82 Å². The molecule has 0 amide bonds. The maximum absolute atomic E-state index is 13.7. The van der Waals surface area contributed by atoms with E-state index in [0.717, 1.165) is 29.5 Å². The summed E-state index contributed by atoms with van der Waals surface area (Å²) in [5, 5.41) is 14.1. The van der Waals surface area contributed by atoms with Crippen molar-refractivity contribution in [2.75, 3.05) is 0 Å². The monoisotopic (exact) mass is 286 g/mol. The number of nitro benzene ring substituents is 1. The van der Waals surface area contributed by atoms with Crippen LogP contribution in [0.15, 0.2) is 42.5 Å². The standard InChI is InChI=1S/C16H15FN2O2/c17-15-6-2-5-14-13(15)7-8-16(14)18-10-11-3-1-4-12(9-11)19(20)21/h1-6,9,16,18H,7-8,10H2. The van der Waals surface area contributed by atoms with E-state index in [-0.39, 0.29) is 17.5 Å². The SMILES string of the molecule is O=[N+]([O-])c1cccc(CNC2CCc3c(F)cccc32)c1. The third-order valence-corrected chi connectivity index (χ3v) is 3.89. The molecule has 2 aromatic rings. The molecule has 2 aromatic carbocycles. The Bertz CT molecular complexity index is 688. The number of nitrogens with zero attached hydrogens (tertiary/aromatic N) is 1. The highest BCUT2D eigenvalue weighted by atomic mass is 19.1. The molecule has 1 N–H and O–H groups in total. The van der Waals surface area contributed by atoms with Crippen molar-refractivity contribution in [3.8, 4) is 0 Å². The summed E-state index contributed by atoms with van der Waals surface area (Å²) in [5.41, 5.74) is 2.73. The topological polar surface area (TPSA) is 55.2 Å². The highest BCUT2D eigenvalue weighted by Gasteiger charge is 2.24. The molecule has 1 aliphatic carbocycles. The van der Waals surface area contributed by atoms with E-state index in [4.69, 9.17) is 0 Å². The lowest BCUT2D eigenvalue weighted by molar-refractivity contribution is -0.384. The Hall–Kier alpha value is -2.27. The Kier molecular flexibility index (Phi) is 3.66. The van der Waals surface area contributed by atoms with Crippen molar-refractivity contribution < 1.29 is 9.31 Å². The molecule has 0 saturated heterocycles. The van der Waals surface area contributed by atoms with Gasteiger partial charge in [0.15, 0.2) is 0 Å². The van der Waals surface area contributed by atoms with E-state index in [0.29, 0.717) is 6.54 Å². The maximum atomic E-state index is 13.7. The molecule has 0 aromatic heterocycles. The maximum Gasteiger partial charge on any atom is 0.269 e. The lowest BCUT2D eigenvalue weighted by Gasteiger charge is -2.14. The van der Waals surface area contributed by atoms with Gasteiger partial charge in [0.2, 0.25) is 0 Å². The molecule has 0 fully saturated rings. The van der Waals surface area contributed by atoms with Gasteiger partial charge in [-0.15, -0.1) is 0 Å². The van der Waals surface area contributed by atoms with Crippen LogP contribution in [0.25, 0.3) is 0 Å². The van der Waals surface area contributed by atoms with Crippen LogP contribution in [0.5, 0.6) is 0 Å². The molecule has 1 aliphatic rings. The third kappa shape index (κ3) is 2.78. The number of rotatable bonds is 4. The van der Waals surface area contributed by atoms with Crippen molar-refractivity contribution in [3.63, 3.8) is 0 Å². The van der Waals surface area contributed by atoms with E-state index in [1.807, 2.05) is 12.1 Å². The predicted octanol–water partition coefficient (Wildman–Crippen LogP) is 3.51. The number of non-ortho nitro benzene ring substituents is 1. The van der Waals surface area contributed by atoms with Gasteiger partial charge in [0, 0.05) is 24.7 Å². The minimum Gasteiger partial charge on any atom is -0.306 e. The average Bonchev–Trinajstić information content (AvgIpc) is 2.90. The normalized spacial score (nSPS) is 16.7. The summed E-state index contributed by atoms with van der Waals surface area (Å²) < 4.78 is 13.7. The second kappa shape index (κ2) is 5.61. The summed E-state index contributed by atoms with van der Waals surface area (Å²) in [4.78, 5) is 10.4. The number of nitrogens with one attached hydrogen (secondary N) is 1. The first-order valence-electron chi connectivity index (χ1n) is 6.89. The van der Waals surface area contributed by atoms with Gasteiger partial charge in [-0.1, -0.05) is 24.3 Å². The van der Waals surface area contributed by atoms with Crippen LogP contribution in [0.2, 0.25) is 0 Å². The summed E-state index contributed by atoms with van der Waals surface area (Å²) in [6.45, 7) is 0.530. The summed E-state index contributed by atoms with van der Waals surface area (Å²) in [6, 6.07) is 11.8. The smallest absolute Gasteiger partial charge is 0.269 e. The lowest BCUT2D eigenvalue weighted by atomic mass is 10.1. The molecule has 4 nitrogen and oxygen atoms in total. The van der Waals surface area contributed by atoms with Gasteiger partial charge in [-0.2, -0.15) is 0 Å². The van der Waals surface area contributed by atoms with Gasteiger partial charge in [-0.25, -0.2) is 4.39 Å². The summed E-state index contributed by atoms with van der Waals surface area (Å²) in [5.74, 6) is -0.146. The zero-order chi connectivity index (χ0) is 14.8. The van der Waals surface area contributed by atoms with Gasteiger partial charge in [-0.3, -0.25) is 10.1 Å². The van der Waals surface area contributed by atoms with E-state index in [2.05, 4.69) is 5.32 Å². The van der Waals surface area contributed by atoms with Crippen molar-refractivity contribution >= 4 is 5.69 Å². The molecule has 1 atom stereocenters. The minimum absolute atomic E-state index is 0.0900. The van der Waals surface area contributed by atoms with Crippen molar-refractivity contribution in [1.82, 2.24) is 5.32 Å². The van der Waals surface area contributed by atoms with E-state index < -0.39 is 4.92 Å². The molecule has 3 rings (SSSR count). The van der Waals surface area contributed by atoms with Crippen LogP contribution in [0.3, 0.4) is 0 Å². The van der Waals surface area contributed by atoms with Crippen LogP contribution in [-0.2, 0) is 13.0 Å². The van der Waals surface area contributed by atoms with Crippen molar-refractivity contribution in [2.24, 2.45) is 0 Å². The number of fused-ring (bicyclic) bond motifs is 1. The minimum atomic E-state index is -0.399. The number of halogens is 1. The van der Waals surface area contributed by atoms with Gasteiger partial charge >= 0.3 is 0 Å². The highest BCUT2D eigenvalue weighted by molar-refractivity contribution is 5.37. The molecule has 0 saturated carbocycles. The van der Waals surface area contributed by atoms with Crippen LogP contribution in [0, 0.1) is 15.9 Å². The molecular formula is C16H15FN2O2. The highest BCUT2D eigenvalue weighted by Crippen LogP contribution is 2.32. The van der Waals surface area contributed by atoms with Crippen LogP contribution in [0.1, 0.15) is 29.2 Å². The number of nitro groups is 1. The molecule has 0 spiro atoms. The summed E-state index contributed by atoms with van der Waals surface area (Å²) in [6.07, 6.45) is 1.58. The largest absolute Gasteiger partial charge is 0.306 e. The Morgan fingerprint density at radius 3 is 2.90 bits per heavy atom. The Morgan fingerprint density at radius 1 is 1.29 bits per heavy atom. The van der Waals surface area contributed by atoms with Crippen molar-refractivity contribution in [2.45, 2.75) is 25.4 Å². The van der Waals surface area contributed by atoms with E-state index in [9.17, 15) is 14.5 Å². The quantitative estimate of drug-likeness (QED) is 0.691. The molecular weight excluding hydrogens is 271 g/mol. The number of benzene rings is 2.